The quantitative estimate of drug-likeness (QED) is 0.785. The van der Waals surface area contributed by atoms with Crippen molar-refractivity contribution in [3.8, 4) is 5.88 Å². The van der Waals surface area contributed by atoms with Crippen molar-refractivity contribution in [3.05, 3.63) is 41.0 Å². The molecular weight excluding hydrogens is 248 g/mol. The van der Waals surface area contributed by atoms with Crippen molar-refractivity contribution >= 4 is 5.97 Å². The Morgan fingerprint density at radius 2 is 2.11 bits per heavy atom. The van der Waals surface area contributed by atoms with Crippen LogP contribution in [-0.2, 0) is 11.3 Å². The number of esters is 1. The van der Waals surface area contributed by atoms with Crippen molar-refractivity contribution < 1.29 is 18.7 Å². The van der Waals surface area contributed by atoms with E-state index < -0.39 is 5.97 Å². The maximum absolute atomic E-state index is 11.2. The molecule has 0 bridgehead atoms. The number of carbonyl (C=O) groups excluding carboxylic acids is 1. The highest BCUT2D eigenvalue weighted by molar-refractivity contribution is 5.86. The molecule has 2 rings (SSSR count). The molecule has 2 heterocycles. The van der Waals surface area contributed by atoms with E-state index >= 15 is 0 Å². The van der Waals surface area contributed by atoms with Crippen LogP contribution in [0.4, 0.5) is 0 Å². The SMILES string of the molecule is COC(=O)c1ccc(COc2cc(C)c(C)nn2)o1. The topological polar surface area (TPSA) is 74.5 Å². The summed E-state index contributed by atoms with van der Waals surface area (Å²) in [6.07, 6.45) is 0. The molecule has 0 atom stereocenters. The molecule has 0 aliphatic carbocycles. The van der Waals surface area contributed by atoms with Gasteiger partial charge in [-0.15, -0.1) is 5.10 Å². The molecule has 2 aromatic heterocycles. The van der Waals surface area contributed by atoms with Crippen molar-refractivity contribution in [1.29, 1.82) is 0 Å². The number of methoxy groups -OCH3 is 1. The standard InChI is InChI=1S/C13H14N2O4/c1-8-6-12(15-14-9(8)2)18-7-10-4-5-11(19-10)13(16)17-3/h4-6H,7H2,1-3H3. The van der Waals surface area contributed by atoms with Crippen LogP contribution in [0, 0.1) is 13.8 Å². The molecule has 6 heteroatoms. The fourth-order valence-corrected chi connectivity index (χ4v) is 1.40. The third-order valence-electron chi connectivity index (χ3n) is 2.62. The summed E-state index contributed by atoms with van der Waals surface area (Å²) in [4.78, 5) is 11.2. The predicted octanol–water partition coefficient (Wildman–Crippen LogP) is 2.05. The smallest absolute Gasteiger partial charge is 0.373 e. The zero-order valence-corrected chi connectivity index (χ0v) is 11.0. The zero-order chi connectivity index (χ0) is 13.8. The molecule has 19 heavy (non-hydrogen) atoms. The number of aryl methyl sites for hydroxylation is 2. The maximum Gasteiger partial charge on any atom is 0.373 e. The molecule has 100 valence electrons. The van der Waals surface area contributed by atoms with Crippen molar-refractivity contribution in [3.63, 3.8) is 0 Å². The largest absolute Gasteiger partial charge is 0.468 e. The summed E-state index contributed by atoms with van der Waals surface area (Å²) in [7, 11) is 1.30. The highest BCUT2D eigenvalue weighted by Gasteiger charge is 2.11. The number of carbonyl (C=O) groups is 1. The summed E-state index contributed by atoms with van der Waals surface area (Å²) in [5, 5.41) is 7.86. The van der Waals surface area contributed by atoms with E-state index in [2.05, 4.69) is 14.9 Å². The van der Waals surface area contributed by atoms with Gasteiger partial charge in [-0.05, 0) is 31.5 Å². The van der Waals surface area contributed by atoms with Gasteiger partial charge in [0.25, 0.3) is 0 Å². The molecule has 0 saturated heterocycles. The summed E-state index contributed by atoms with van der Waals surface area (Å²) < 4.78 is 15.2. The van der Waals surface area contributed by atoms with Gasteiger partial charge in [-0.2, -0.15) is 5.10 Å². The maximum atomic E-state index is 11.2. The fourth-order valence-electron chi connectivity index (χ4n) is 1.40. The molecule has 0 aromatic carbocycles. The Labute approximate surface area is 110 Å². The van der Waals surface area contributed by atoms with Gasteiger partial charge in [0.2, 0.25) is 11.6 Å². The molecule has 2 aromatic rings. The Bertz CT molecular complexity index is 592. The van der Waals surface area contributed by atoms with Crippen LogP contribution in [0.25, 0.3) is 0 Å². The first-order chi connectivity index (χ1) is 9.10. The zero-order valence-electron chi connectivity index (χ0n) is 11.0. The lowest BCUT2D eigenvalue weighted by Gasteiger charge is -2.04. The van der Waals surface area contributed by atoms with Crippen molar-refractivity contribution in [1.82, 2.24) is 10.2 Å². The van der Waals surface area contributed by atoms with Gasteiger partial charge in [0, 0.05) is 6.07 Å². The Morgan fingerprint density at radius 3 is 2.79 bits per heavy atom. The van der Waals surface area contributed by atoms with Gasteiger partial charge in [-0.1, -0.05) is 0 Å². The average molecular weight is 262 g/mol. The van der Waals surface area contributed by atoms with Crippen LogP contribution in [0.1, 0.15) is 27.6 Å². The summed E-state index contributed by atoms with van der Waals surface area (Å²) >= 11 is 0. The Kier molecular flexibility index (Phi) is 3.79. The molecule has 0 unspecified atom stereocenters. The molecule has 0 fully saturated rings. The van der Waals surface area contributed by atoms with E-state index in [1.165, 1.54) is 13.2 Å². The highest BCUT2D eigenvalue weighted by atomic mass is 16.5. The van der Waals surface area contributed by atoms with Gasteiger partial charge >= 0.3 is 5.97 Å². The van der Waals surface area contributed by atoms with Gasteiger partial charge in [-0.25, -0.2) is 4.79 Å². The van der Waals surface area contributed by atoms with Gasteiger partial charge in [0.1, 0.15) is 12.4 Å². The third kappa shape index (κ3) is 3.09. The van der Waals surface area contributed by atoms with Crippen LogP contribution < -0.4 is 4.74 Å². The average Bonchev–Trinajstić information content (AvgIpc) is 2.88. The number of hydrogen-bond donors (Lipinski definition) is 0. The van der Waals surface area contributed by atoms with Crippen LogP contribution in [0.2, 0.25) is 0 Å². The monoisotopic (exact) mass is 262 g/mol. The lowest BCUT2D eigenvalue weighted by atomic mass is 10.2. The first kappa shape index (κ1) is 13.1. The number of ether oxygens (including phenoxy) is 2. The van der Waals surface area contributed by atoms with Crippen LogP contribution in [0.3, 0.4) is 0 Å². The van der Waals surface area contributed by atoms with Gasteiger partial charge in [-0.3, -0.25) is 0 Å². The van der Waals surface area contributed by atoms with E-state index in [-0.39, 0.29) is 12.4 Å². The number of rotatable bonds is 4. The molecule has 0 radical (unpaired) electrons. The molecule has 0 N–H and O–H groups in total. The lowest BCUT2D eigenvalue weighted by Crippen LogP contribution is -2.00. The van der Waals surface area contributed by atoms with Gasteiger partial charge < -0.3 is 13.9 Å². The van der Waals surface area contributed by atoms with Crippen LogP contribution in [0.5, 0.6) is 5.88 Å². The molecule has 0 saturated carbocycles. The van der Waals surface area contributed by atoms with Crippen LogP contribution >= 0.6 is 0 Å². The summed E-state index contributed by atoms with van der Waals surface area (Å²) in [6, 6.07) is 4.99. The highest BCUT2D eigenvalue weighted by Crippen LogP contribution is 2.14. The minimum Gasteiger partial charge on any atom is -0.468 e. The Hall–Kier alpha value is -2.37. The Morgan fingerprint density at radius 1 is 1.32 bits per heavy atom. The van der Waals surface area contributed by atoms with Crippen molar-refractivity contribution in [2.24, 2.45) is 0 Å². The Balaban J connectivity index is 2.00. The molecule has 0 aliphatic heterocycles. The van der Waals surface area contributed by atoms with E-state index in [1.54, 1.807) is 12.1 Å². The van der Waals surface area contributed by atoms with E-state index in [0.717, 1.165) is 11.3 Å². The fraction of sp³-hybridized carbons (Fsp3) is 0.308. The van der Waals surface area contributed by atoms with E-state index in [9.17, 15) is 4.79 Å². The molecular formula is C13H14N2O4. The van der Waals surface area contributed by atoms with Crippen LogP contribution in [-0.4, -0.2) is 23.3 Å². The minimum atomic E-state index is -0.516. The van der Waals surface area contributed by atoms with Crippen LogP contribution in [0.15, 0.2) is 22.6 Å². The molecule has 0 aliphatic rings. The summed E-state index contributed by atoms with van der Waals surface area (Å²) in [5.41, 5.74) is 1.86. The van der Waals surface area contributed by atoms with Crippen molar-refractivity contribution in [2.45, 2.75) is 20.5 Å². The van der Waals surface area contributed by atoms with E-state index in [0.29, 0.717) is 11.6 Å². The predicted molar refractivity (Wildman–Crippen MR) is 65.9 cm³/mol. The minimum absolute atomic E-state index is 0.146. The molecule has 6 nitrogen and oxygen atoms in total. The number of aromatic nitrogens is 2. The third-order valence-corrected chi connectivity index (χ3v) is 2.62. The number of furan rings is 1. The molecule has 0 spiro atoms. The van der Waals surface area contributed by atoms with Gasteiger partial charge in [0.05, 0.1) is 12.8 Å². The second-order valence-corrected chi connectivity index (χ2v) is 4.00. The van der Waals surface area contributed by atoms with Crippen molar-refractivity contribution in [2.75, 3.05) is 7.11 Å². The first-order valence-electron chi connectivity index (χ1n) is 5.71. The normalized spacial score (nSPS) is 10.3. The summed E-state index contributed by atoms with van der Waals surface area (Å²) in [6.45, 7) is 3.98. The number of hydrogen-bond acceptors (Lipinski definition) is 6. The van der Waals surface area contributed by atoms with E-state index in [4.69, 9.17) is 9.15 Å². The lowest BCUT2D eigenvalue weighted by molar-refractivity contribution is 0.0561. The number of nitrogens with zero attached hydrogens (tertiary/aromatic N) is 2. The summed E-state index contributed by atoms with van der Waals surface area (Å²) in [5.74, 6) is 0.559. The first-order valence-corrected chi connectivity index (χ1v) is 5.71. The van der Waals surface area contributed by atoms with E-state index in [1.807, 2.05) is 13.8 Å². The molecule has 0 amide bonds. The second kappa shape index (κ2) is 5.51. The van der Waals surface area contributed by atoms with Gasteiger partial charge in [0.15, 0.2) is 0 Å². The second-order valence-electron chi connectivity index (χ2n) is 4.00.